The van der Waals surface area contributed by atoms with E-state index >= 15 is 0 Å². The lowest BCUT2D eigenvalue weighted by molar-refractivity contribution is -0.158. The Morgan fingerprint density at radius 3 is 2.60 bits per heavy atom. The van der Waals surface area contributed by atoms with Crippen LogP contribution in [0.25, 0.3) is 10.9 Å². The minimum absolute atomic E-state index is 0.222. The molecule has 0 radical (unpaired) electrons. The number of carbonyl (C=O) groups is 2. The molecular formula is C26H32N4O5. The summed E-state index contributed by atoms with van der Waals surface area (Å²) in [5, 5.41) is 4.20. The summed E-state index contributed by atoms with van der Waals surface area (Å²) in [5.41, 5.74) is 5.01. The molecule has 0 spiro atoms. The Hall–Kier alpha value is -3.88. The Bertz CT molecular complexity index is 1150. The third-order valence-corrected chi connectivity index (χ3v) is 5.32. The summed E-state index contributed by atoms with van der Waals surface area (Å²) >= 11 is 0. The van der Waals surface area contributed by atoms with E-state index in [-0.39, 0.29) is 12.3 Å². The fourth-order valence-electron chi connectivity index (χ4n) is 3.46. The minimum Gasteiger partial charge on any atom is -0.493 e. The normalized spacial score (nSPS) is 10.6. The van der Waals surface area contributed by atoms with E-state index in [2.05, 4.69) is 31.7 Å². The quantitative estimate of drug-likeness (QED) is 0.275. The van der Waals surface area contributed by atoms with Crippen LogP contribution in [0.2, 0.25) is 0 Å². The first-order valence-electron chi connectivity index (χ1n) is 11.8. The van der Waals surface area contributed by atoms with Crippen LogP contribution in [0.15, 0.2) is 42.7 Å². The van der Waals surface area contributed by atoms with Crippen molar-refractivity contribution in [2.45, 2.75) is 52.4 Å². The van der Waals surface area contributed by atoms with Gasteiger partial charge in [-0.3, -0.25) is 4.79 Å². The van der Waals surface area contributed by atoms with E-state index in [1.165, 1.54) is 6.33 Å². The largest absolute Gasteiger partial charge is 0.493 e. The number of amides is 1. The van der Waals surface area contributed by atoms with E-state index in [1.54, 1.807) is 14.0 Å². The second-order valence-corrected chi connectivity index (χ2v) is 8.10. The molecule has 3 aromatic rings. The van der Waals surface area contributed by atoms with Crippen molar-refractivity contribution in [3.05, 3.63) is 48.3 Å². The summed E-state index contributed by atoms with van der Waals surface area (Å²) in [6.45, 7) is 4.22. The number of fused-ring (bicyclic) bond motifs is 1. The van der Waals surface area contributed by atoms with Crippen LogP contribution in [0.4, 0.5) is 11.5 Å². The molecule has 0 atom stereocenters. The van der Waals surface area contributed by atoms with E-state index in [1.807, 2.05) is 37.3 Å². The monoisotopic (exact) mass is 480 g/mol. The first-order valence-corrected chi connectivity index (χ1v) is 11.8. The fraction of sp³-hybridized carbons (Fsp3) is 0.385. The van der Waals surface area contributed by atoms with E-state index in [0.29, 0.717) is 36.8 Å². The van der Waals surface area contributed by atoms with Crippen LogP contribution >= 0.6 is 0 Å². The number of benzene rings is 2. The molecule has 9 nitrogen and oxygen atoms in total. The zero-order valence-corrected chi connectivity index (χ0v) is 20.4. The van der Waals surface area contributed by atoms with Gasteiger partial charge in [-0.1, -0.05) is 31.9 Å². The van der Waals surface area contributed by atoms with Gasteiger partial charge in [-0.2, -0.15) is 5.48 Å². The van der Waals surface area contributed by atoms with Gasteiger partial charge in [0, 0.05) is 30.0 Å². The number of hydroxylamine groups is 1. The van der Waals surface area contributed by atoms with E-state index < -0.39 is 5.97 Å². The molecule has 186 valence electrons. The Morgan fingerprint density at radius 2 is 1.83 bits per heavy atom. The topological polar surface area (TPSA) is 112 Å². The molecule has 9 heteroatoms. The summed E-state index contributed by atoms with van der Waals surface area (Å²) in [5.74, 6) is 1.18. The molecule has 0 saturated carbocycles. The van der Waals surface area contributed by atoms with Crippen molar-refractivity contribution in [3.8, 4) is 11.5 Å². The van der Waals surface area contributed by atoms with E-state index in [9.17, 15) is 9.59 Å². The number of methoxy groups -OCH3 is 1. The summed E-state index contributed by atoms with van der Waals surface area (Å²) in [6, 6.07) is 11.8. The van der Waals surface area contributed by atoms with Crippen molar-refractivity contribution in [1.29, 1.82) is 0 Å². The molecule has 0 aliphatic rings. The number of nitrogens with one attached hydrogen (secondary N) is 2. The second kappa shape index (κ2) is 13.1. The Kier molecular flexibility index (Phi) is 9.65. The minimum atomic E-state index is -0.454. The van der Waals surface area contributed by atoms with Crippen molar-refractivity contribution < 1.29 is 23.9 Å². The molecule has 2 N–H and O–H groups in total. The van der Waals surface area contributed by atoms with Crippen molar-refractivity contribution in [2.24, 2.45) is 0 Å². The number of carbonyl (C=O) groups excluding carboxylic acids is 2. The van der Waals surface area contributed by atoms with Gasteiger partial charge in [0.05, 0.1) is 19.2 Å². The van der Waals surface area contributed by atoms with Crippen LogP contribution in [0.1, 0.15) is 51.0 Å². The number of aryl methyl sites for hydroxylation is 1. The van der Waals surface area contributed by atoms with Crippen LogP contribution in [-0.2, 0) is 14.4 Å². The Morgan fingerprint density at radius 1 is 1.00 bits per heavy atom. The third kappa shape index (κ3) is 7.84. The average Bonchev–Trinajstić information content (AvgIpc) is 2.86. The highest BCUT2D eigenvalue weighted by Crippen LogP contribution is 2.35. The molecule has 0 fully saturated rings. The highest BCUT2D eigenvalue weighted by molar-refractivity contribution is 5.93. The van der Waals surface area contributed by atoms with Gasteiger partial charge >= 0.3 is 5.97 Å². The predicted octanol–water partition coefficient (Wildman–Crippen LogP) is 5.00. The van der Waals surface area contributed by atoms with E-state index in [4.69, 9.17) is 9.47 Å². The van der Waals surface area contributed by atoms with Gasteiger partial charge in [-0.05, 0) is 43.5 Å². The maximum absolute atomic E-state index is 11.6. The summed E-state index contributed by atoms with van der Waals surface area (Å²) in [6.07, 6.45) is 5.36. The number of aromatic nitrogens is 2. The molecule has 3 rings (SSSR count). The highest BCUT2D eigenvalue weighted by Gasteiger charge is 2.12. The molecule has 0 bridgehead atoms. The molecule has 0 aliphatic heterocycles. The molecular weight excluding hydrogens is 448 g/mol. The van der Waals surface area contributed by atoms with E-state index in [0.717, 1.165) is 41.4 Å². The highest BCUT2D eigenvalue weighted by atomic mass is 16.7. The number of hydrogen-bond donors (Lipinski definition) is 2. The van der Waals surface area contributed by atoms with Crippen molar-refractivity contribution in [1.82, 2.24) is 15.4 Å². The molecule has 1 aromatic heterocycles. The second-order valence-electron chi connectivity index (χ2n) is 8.10. The summed E-state index contributed by atoms with van der Waals surface area (Å²) in [4.78, 5) is 36.1. The smallest absolute Gasteiger partial charge is 0.331 e. The maximum Gasteiger partial charge on any atom is 0.331 e. The van der Waals surface area contributed by atoms with Gasteiger partial charge in [0.25, 0.3) is 5.91 Å². The predicted molar refractivity (Wildman–Crippen MR) is 134 cm³/mol. The van der Waals surface area contributed by atoms with Gasteiger partial charge in [0.1, 0.15) is 12.1 Å². The molecule has 35 heavy (non-hydrogen) atoms. The summed E-state index contributed by atoms with van der Waals surface area (Å²) in [7, 11) is 1.60. The fourth-order valence-corrected chi connectivity index (χ4v) is 3.46. The van der Waals surface area contributed by atoms with Crippen molar-refractivity contribution in [3.63, 3.8) is 0 Å². The third-order valence-electron chi connectivity index (χ3n) is 5.32. The lowest BCUT2D eigenvalue weighted by atomic mass is 10.1. The number of rotatable bonds is 12. The van der Waals surface area contributed by atoms with Crippen LogP contribution in [0.5, 0.6) is 11.5 Å². The van der Waals surface area contributed by atoms with Gasteiger partial charge in [-0.25, -0.2) is 14.8 Å². The molecule has 0 saturated heterocycles. The first-order chi connectivity index (χ1) is 17.0. The molecule has 2 aromatic carbocycles. The SMILES string of the molecule is CCC(=O)ONC(=O)CCCCCCOc1cc2c(Nc3cccc(C)c3)ncnc2cc1OC. The van der Waals surface area contributed by atoms with Crippen LogP contribution in [0.3, 0.4) is 0 Å². The van der Waals surface area contributed by atoms with Crippen molar-refractivity contribution in [2.75, 3.05) is 19.0 Å². The maximum atomic E-state index is 11.6. The number of ether oxygens (including phenoxy) is 2. The molecule has 0 unspecified atom stereocenters. The van der Waals surface area contributed by atoms with Gasteiger partial charge in [-0.15, -0.1) is 0 Å². The number of anilines is 2. The number of hydrogen-bond acceptors (Lipinski definition) is 8. The molecule has 1 heterocycles. The standard InChI is InChI=1S/C26H32N4O5/c1-4-25(32)35-30-24(31)12-7-5-6-8-13-34-23-15-20-21(16-22(23)33-3)27-17-28-26(20)29-19-11-9-10-18(2)14-19/h9-11,14-17H,4-8,12-13H2,1-3H3,(H,30,31)(H,27,28,29). The van der Waals surface area contributed by atoms with Crippen LogP contribution in [0, 0.1) is 6.92 Å². The van der Waals surface area contributed by atoms with Crippen molar-refractivity contribution >= 4 is 34.3 Å². The van der Waals surface area contributed by atoms with Crippen LogP contribution < -0.4 is 20.3 Å². The lowest BCUT2D eigenvalue weighted by Crippen LogP contribution is -2.26. The molecule has 1 amide bonds. The Balaban J connectivity index is 1.53. The zero-order chi connectivity index (χ0) is 25.0. The number of unbranched alkanes of at least 4 members (excludes halogenated alkanes) is 3. The average molecular weight is 481 g/mol. The van der Waals surface area contributed by atoms with Gasteiger partial charge in [0.15, 0.2) is 11.5 Å². The zero-order valence-electron chi connectivity index (χ0n) is 20.4. The van der Waals surface area contributed by atoms with Gasteiger partial charge < -0.3 is 19.6 Å². The lowest BCUT2D eigenvalue weighted by Gasteiger charge is -2.14. The first kappa shape index (κ1) is 25.7. The summed E-state index contributed by atoms with van der Waals surface area (Å²) < 4.78 is 11.5. The Labute approximate surface area is 205 Å². The number of nitrogens with zero attached hydrogens (tertiary/aromatic N) is 2. The molecule has 0 aliphatic carbocycles. The van der Waals surface area contributed by atoms with Gasteiger partial charge in [0.2, 0.25) is 0 Å². The van der Waals surface area contributed by atoms with Crippen LogP contribution in [-0.4, -0.2) is 35.6 Å².